The summed E-state index contributed by atoms with van der Waals surface area (Å²) in [5.41, 5.74) is 15.7. The fourth-order valence-corrected chi connectivity index (χ4v) is 9.10. The number of aliphatic imine (C=N–C) groups is 1. The van der Waals surface area contributed by atoms with E-state index in [0.29, 0.717) is 0 Å². The zero-order chi connectivity index (χ0) is 35.3. The third-order valence-electron chi connectivity index (χ3n) is 11.7. The van der Waals surface area contributed by atoms with Crippen molar-refractivity contribution in [1.29, 1.82) is 0 Å². The molecule has 53 heavy (non-hydrogen) atoms. The number of rotatable bonds is 4. The van der Waals surface area contributed by atoms with Gasteiger partial charge in [0, 0.05) is 27.3 Å². The van der Waals surface area contributed by atoms with Gasteiger partial charge in [-0.2, -0.15) is 0 Å². The van der Waals surface area contributed by atoms with Crippen LogP contribution in [0.3, 0.4) is 0 Å². The highest BCUT2D eigenvalue weighted by Gasteiger charge is 2.42. The Morgan fingerprint density at radius 1 is 0.604 bits per heavy atom. The van der Waals surface area contributed by atoms with Crippen molar-refractivity contribution in [3.63, 3.8) is 0 Å². The van der Waals surface area contributed by atoms with Gasteiger partial charge in [-0.25, -0.2) is 0 Å². The van der Waals surface area contributed by atoms with Gasteiger partial charge in [-0.15, -0.1) is 0 Å². The summed E-state index contributed by atoms with van der Waals surface area (Å²) in [6.45, 7) is 4.64. The minimum atomic E-state index is -0.354. The molecule has 1 N–H and O–H groups in total. The fourth-order valence-electron chi connectivity index (χ4n) is 9.10. The van der Waals surface area contributed by atoms with E-state index in [1.807, 2.05) is 0 Å². The first-order valence-corrected chi connectivity index (χ1v) is 18.5. The molecule has 3 atom stereocenters. The van der Waals surface area contributed by atoms with Gasteiger partial charge in [0.2, 0.25) is 0 Å². The lowest BCUT2D eigenvalue weighted by Crippen LogP contribution is -2.30. The van der Waals surface area contributed by atoms with E-state index in [-0.39, 0.29) is 23.6 Å². The van der Waals surface area contributed by atoms with Crippen LogP contribution in [0.4, 0.5) is 0 Å². The second-order valence-electron chi connectivity index (χ2n) is 15.0. The Hall–Kier alpha value is -6.39. The second-order valence-corrected chi connectivity index (χ2v) is 15.0. The van der Waals surface area contributed by atoms with Crippen molar-refractivity contribution in [3.05, 3.63) is 191 Å². The lowest BCUT2D eigenvalue weighted by molar-refractivity contribution is 0.178. The molecule has 0 bridgehead atoms. The molecule has 6 aromatic carbocycles. The van der Waals surface area contributed by atoms with Crippen LogP contribution in [0.5, 0.6) is 0 Å². The lowest BCUT2D eigenvalue weighted by atomic mass is 9.82. The van der Waals surface area contributed by atoms with E-state index in [1.165, 1.54) is 38.9 Å². The van der Waals surface area contributed by atoms with Gasteiger partial charge in [-0.1, -0.05) is 141 Å². The first-order valence-electron chi connectivity index (χ1n) is 18.5. The predicted molar refractivity (Wildman–Crippen MR) is 215 cm³/mol. The Kier molecular flexibility index (Phi) is 6.45. The monoisotopic (exact) mass is 684 g/mol. The summed E-state index contributed by atoms with van der Waals surface area (Å²) in [7, 11) is 0. The molecule has 7 aromatic rings. The molecule has 11 rings (SSSR count). The van der Waals surface area contributed by atoms with Crippen LogP contribution >= 0.6 is 0 Å². The average molecular weight is 685 g/mol. The number of nitrogens with one attached hydrogen (secondary N) is 1. The summed E-state index contributed by atoms with van der Waals surface area (Å²) in [5.74, 6) is 0.917. The molecule has 0 radical (unpaired) electrons. The van der Waals surface area contributed by atoms with E-state index >= 15 is 0 Å². The van der Waals surface area contributed by atoms with Crippen LogP contribution < -0.4 is 5.32 Å². The molecule has 4 aliphatic rings. The molecule has 3 unspecified atom stereocenters. The van der Waals surface area contributed by atoms with Crippen molar-refractivity contribution in [2.24, 2.45) is 10.9 Å². The van der Waals surface area contributed by atoms with E-state index in [1.54, 1.807) is 0 Å². The highest BCUT2D eigenvalue weighted by molar-refractivity contribution is 6.14. The maximum atomic E-state index is 6.74. The van der Waals surface area contributed by atoms with Crippen molar-refractivity contribution in [1.82, 2.24) is 5.32 Å². The van der Waals surface area contributed by atoms with Gasteiger partial charge in [0.15, 0.2) is 5.76 Å². The van der Waals surface area contributed by atoms with Crippen LogP contribution in [-0.2, 0) is 10.2 Å². The summed E-state index contributed by atoms with van der Waals surface area (Å²) >= 11 is 0. The Bertz CT molecular complexity index is 2780. The minimum Gasteiger partial charge on any atom is -0.481 e. The summed E-state index contributed by atoms with van der Waals surface area (Å²) in [6.07, 6.45) is 8.16. The van der Waals surface area contributed by atoms with Crippen molar-refractivity contribution in [3.8, 4) is 33.4 Å². The van der Waals surface area contributed by atoms with Gasteiger partial charge in [0.1, 0.15) is 29.1 Å². The molecule has 2 aliphatic carbocycles. The molecule has 0 saturated carbocycles. The van der Waals surface area contributed by atoms with Crippen LogP contribution in [0.1, 0.15) is 42.3 Å². The van der Waals surface area contributed by atoms with Gasteiger partial charge >= 0.3 is 0 Å². The quantitative estimate of drug-likeness (QED) is 0.201. The molecule has 1 aromatic heterocycles. The predicted octanol–water partition coefficient (Wildman–Crippen LogP) is 11.7. The normalized spacial score (nSPS) is 20.4. The molecule has 0 fully saturated rings. The van der Waals surface area contributed by atoms with E-state index in [0.717, 1.165) is 55.8 Å². The standard InChI is InChI=1S/C49H36N2O2/c1-49(2)39-20-10-8-17-34(39)37-28-31(23-25-40(37)49)45-47-46(35-18-9-11-21-41(35)53-47)51-48(50-45)36-19-12-22-43-44(36)38-27-30(24-26-42(38)52-43)33-16-7-6-15-32(33)29-13-4-3-5-14-29/h3-28,35,41,48,51H,1-2H3. The van der Waals surface area contributed by atoms with Crippen LogP contribution in [-0.4, -0.2) is 11.8 Å². The maximum absolute atomic E-state index is 6.74. The van der Waals surface area contributed by atoms with Gasteiger partial charge < -0.3 is 14.5 Å². The number of allylic oxidation sites excluding steroid dienone is 3. The highest BCUT2D eigenvalue weighted by Crippen LogP contribution is 2.50. The SMILES string of the molecule is CC1(C)c2ccccc2-c2cc(C3=NC(c4cccc5oc6ccc(-c7ccccc7-c7ccccc7)cc6c45)NC4=C3OC3C=CC=CC43)ccc21. The first kappa shape index (κ1) is 30.3. The van der Waals surface area contributed by atoms with Crippen LogP contribution in [0.2, 0.25) is 0 Å². The zero-order valence-corrected chi connectivity index (χ0v) is 29.5. The Labute approximate surface area is 308 Å². The third-order valence-corrected chi connectivity index (χ3v) is 11.7. The highest BCUT2D eigenvalue weighted by atomic mass is 16.5. The number of benzene rings is 6. The first-order chi connectivity index (χ1) is 26.0. The molecular weight excluding hydrogens is 649 g/mol. The van der Waals surface area contributed by atoms with Gasteiger partial charge in [0.25, 0.3) is 0 Å². The van der Waals surface area contributed by atoms with Gasteiger partial charge in [0.05, 0.1) is 11.6 Å². The topological polar surface area (TPSA) is 46.8 Å². The lowest BCUT2D eigenvalue weighted by Gasteiger charge is -2.27. The van der Waals surface area contributed by atoms with Crippen LogP contribution in [0.15, 0.2) is 179 Å². The smallest absolute Gasteiger partial charge is 0.165 e. The van der Waals surface area contributed by atoms with Gasteiger partial charge in [-0.05, 0) is 74.8 Å². The number of nitrogens with zero attached hydrogens (tertiary/aromatic N) is 1. The second kappa shape index (κ2) is 11.3. The molecule has 4 nitrogen and oxygen atoms in total. The number of hydrogen-bond donors (Lipinski definition) is 1. The molecule has 4 heteroatoms. The van der Waals surface area contributed by atoms with Crippen LogP contribution in [0, 0.1) is 5.92 Å². The largest absolute Gasteiger partial charge is 0.481 e. The minimum absolute atomic E-state index is 0.0693. The maximum Gasteiger partial charge on any atom is 0.165 e. The average Bonchev–Trinajstić information content (AvgIpc) is 3.85. The summed E-state index contributed by atoms with van der Waals surface area (Å²) in [4.78, 5) is 5.54. The third kappa shape index (κ3) is 4.51. The van der Waals surface area contributed by atoms with Crippen molar-refractivity contribution in [2.45, 2.75) is 31.5 Å². The molecule has 0 saturated heterocycles. The molecule has 254 valence electrons. The number of fused-ring (bicyclic) bond motifs is 8. The Balaban J connectivity index is 1.08. The van der Waals surface area contributed by atoms with Crippen molar-refractivity contribution < 1.29 is 9.15 Å². The van der Waals surface area contributed by atoms with E-state index in [4.69, 9.17) is 14.1 Å². The molecule has 2 aliphatic heterocycles. The fraction of sp³-hybridized carbons (Fsp3) is 0.122. The Morgan fingerprint density at radius 2 is 1.34 bits per heavy atom. The number of ether oxygens (including phenoxy) is 1. The molecule has 0 spiro atoms. The van der Waals surface area contributed by atoms with Crippen LogP contribution in [0.25, 0.3) is 55.3 Å². The van der Waals surface area contributed by atoms with Crippen molar-refractivity contribution >= 4 is 27.7 Å². The molecule has 0 amide bonds. The number of furan rings is 1. The summed E-state index contributed by atoms with van der Waals surface area (Å²) in [6, 6.07) is 47.8. The molecule has 3 heterocycles. The summed E-state index contributed by atoms with van der Waals surface area (Å²) < 4.78 is 13.3. The number of hydrogen-bond acceptors (Lipinski definition) is 4. The Morgan fingerprint density at radius 3 is 2.21 bits per heavy atom. The van der Waals surface area contributed by atoms with Crippen molar-refractivity contribution in [2.75, 3.05) is 0 Å². The summed E-state index contributed by atoms with van der Waals surface area (Å²) in [5, 5.41) is 6.03. The van der Waals surface area contributed by atoms with E-state index in [2.05, 4.69) is 177 Å². The van der Waals surface area contributed by atoms with Gasteiger partial charge in [-0.3, -0.25) is 4.99 Å². The van der Waals surface area contributed by atoms with E-state index < -0.39 is 0 Å². The van der Waals surface area contributed by atoms with E-state index in [9.17, 15) is 0 Å². The zero-order valence-electron chi connectivity index (χ0n) is 29.5. The molecular formula is C49H36N2O2.